The fourth-order valence-electron chi connectivity index (χ4n) is 3.64. The van der Waals surface area contributed by atoms with Crippen molar-refractivity contribution in [2.45, 2.75) is 32.6 Å². The van der Waals surface area contributed by atoms with Gasteiger partial charge >= 0.3 is 11.9 Å². The Labute approximate surface area is 207 Å². The second-order valence-electron chi connectivity index (χ2n) is 8.07. The maximum atomic E-state index is 13.2. The summed E-state index contributed by atoms with van der Waals surface area (Å²) in [5, 5.41) is 39.0. The first-order valence-electron chi connectivity index (χ1n) is 11.4. The van der Waals surface area contributed by atoms with Crippen LogP contribution in [-0.4, -0.2) is 45.6 Å². The van der Waals surface area contributed by atoms with Crippen LogP contribution >= 0.6 is 0 Å². The average molecular weight is 499 g/mol. The minimum absolute atomic E-state index is 0.00523. The second-order valence-corrected chi connectivity index (χ2v) is 8.07. The Balaban J connectivity index is 1.63. The van der Waals surface area contributed by atoms with Crippen LogP contribution in [0.3, 0.4) is 0 Å². The summed E-state index contributed by atoms with van der Waals surface area (Å²) in [5.41, 5.74) is 2.14. The molecule has 0 aliphatic rings. The van der Waals surface area contributed by atoms with Crippen molar-refractivity contribution in [3.05, 3.63) is 71.0 Å². The van der Waals surface area contributed by atoms with E-state index in [0.29, 0.717) is 29.7 Å². The van der Waals surface area contributed by atoms with E-state index in [1.807, 2.05) is 6.92 Å². The monoisotopic (exact) mass is 498 g/mol. The molecule has 0 aliphatic heterocycles. The second kappa shape index (κ2) is 11.9. The molecule has 3 aromatic carbocycles. The van der Waals surface area contributed by atoms with Gasteiger partial charge in [0.2, 0.25) is 0 Å². The van der Waals surface area contributed by atoms with Crippen LogP contribution < -0.4 is 9.47 Å². The molecule has 4 N–H and O–H groups in total. The molecule has 8 nitrogen and oxygen atoms in total. The van der Waals surface area contributed by atoms with Gasteiger partial charge in [0.15, 0.2) is 11.5 Å². The van der Waals surface area contributed by atoms with E-state index in [2.05, 4.69) is 0 Å². The summed E-state index contributed by atoms with van der Waals surface area (Å²) >= 11 is 0. The summed E-state index contributed by atoms with van der Waals surface area (Å²) in [6, 6.07) is 11.5. The zero-order valence-corrected chi connectivity index (χ0v) is 19.7. The maximum absolute atomic E-state index is 13.2. The molecular weight excluding hydrogens is 471 g/mol. The van der Waals surface area contributed by atoms with Gasteiger partial charge in [-0.15, -0.1) is 0 Å². The smallest absolute Gasteiger partial charge is 0.335 e. The van der Waals surface area contributed by atoms with Crippen molar-refractivity contribution in [2.24, 2.45) is 0 Å². The van der Waals surface area contributed by atoms with Gasteiger partial charge in [-0.1, -0.05) is 19.1 Å². The van der Waals surface area contributed by atoms with Crippen molar-refractivity contribution < 1.29 is 43.9 Å². The first-order valence-corrected chi connectivity index (χ1v) is 11.4. The highest BCUT2D eigenvalue weighted by atomic mass is 19.1. The molecule has 3 aromatic rings. The van der Waals surface area contributed by atoms with Crippen molar-refractivity contribution in [1.82, 2.24) is 0 Å². The van der Waals surface area contributed by atoms with Gasteiger partial charge in [0, 0.05) is 24.5 Å². The molecule has 0 fully saturated rings. The van der Waals surface area contributed by atoms with Gasteiger partial charge in [-0.3, -0.25) is 4.79 Å². The lowest BCUT2D eigenvalue weighted by molar-refractivity contribution is -0.136. The molecule has 0 radical (unpaired) electrons. The van der Waals surface area contributed by atoms with E-state index in [9.17, 15) is 29.3 Å². The molecule has 0 spiro atoms. The number of rotatable bonds is 12. The number of aliphatic carboxylic acids is 1. The molecule has 0 saturated heterocycles. The van der Waals surface area contributed by atoms with E-state index in [1.54, 1.807) is 18.2 Å². The third-order valence-electron chi connectivity index (χ3n) is 5.53. The number of ether oxygens (including phenoxy) is 2. The zero-order valence-electron chi connectivity index (χ0n) is 19.7. The van der Waals surface area contributed by atoms with Crippen LogP contribution in [0.25, 0.3) is 11.1 Å². The van der Waals surface area contributed by atoms with Crippen molar-refractivity contribution in [3.63, 3.8) is 0 Å². The summed E-state index contributed by atoms with van der Waals surface area (Å²) in [4.78, 5) is 22.2. The van der Waals surface area contributed by atoms with E-state index in [4.69, 9.17) is 14.6 Å². The maximum Gasteiger partial charge on any atom is 0.335 e. The van der Waals surface area contributed by atoms with E-state index >= 15 is 0 Å². The van der Waals surface area contributed by atoms with Gasteiger partial charge in [0.25, 0.3) is 0 Å². The predicted molar refractivity (Wildman–Crippen MR) is 130 cm³/mol. The quantitative estimate of drug-likeness (QED) is 0.256. The van der Waals surface area contributed by atoms with Crippen molar-refractivity contribution >= 4 is 11.9 Å². The first-order chi connectivity index (χ1) is 17.2. The molecule has 0 atom stereocenters. The number of aryl methyl sites for hydroxylation is 2. The molecule has 0 heterocycles. The van der Waals surface area contributed by atoms with Gasteiger partial charge in [0.05, 0.1) is 18.8 Å². The molecule has 0 bridgehead atoms. The third kappa shape index (κ3) is 6.65. The van der Waals surface area contributed by atoms with Crippen LogP contribution in [0.1, 0.15) is 41.3 Å². The SMILES string of the molecule is CCc1cc(-c2ccc(F)cc2)c(O)cc1OCCCOc1cc(C(=O)O)cc(CCC(=O)O)c1O. The lowest BCUT2D eigenvalue weighted by Crippen LogP contribution is -2.08. The number of carboxylic acid groups (broad SMARTS) is 2. The summed E-state index contributed by atoms with van der Waals surface area (Å²) in [6.45, 7) is 2.25. The molecule has 0 saturated carbocycles. The molecule has 0 unspecified atom stereocenters. The van der Waals surface area contributed by atoms with Crippen molar-refractivity contribution in [1.29, 1.82) is 0 Å². The molecule has 0 amide bonds. The van der Waals surface area contributed by atoms with Gasteiger partial charge in [-0.2, -0.15) is 0 Å². The number of hydrogen-bond acceptors (Lipinski definition) is 6. The molecule has 36 heavy (non-hydrogen) atoms. The summed E-state index contributed by atoms with van der Waals surface area (Å²) in [7, 11) is 0. The third-order valence-corrected chi connectivity index (χ3v) is 5.53. The van der Waals surface area contributed by atoms with Crippen LogP contribution in [0.15, 0.2) is 48.5 Å². The first kappa shape index (κ1) is 26.3. The van der Waals surface area contributed by atoms with Gasteiger partial charge < -0.3 is 29.9 Å². The Morgan fingerprint density at radius 1 is 0.889 bits per heavy atom. The van der Waals surface area contributed by atoms with Crippen LogP contribution in [0.4, 0.5) is 4.39 Å². The Kier molecular flexibility index (Phi) is 8.72. The highest BCUT2D eigenvalue weighted by molar-refractivity contribution is 5.89. The zero-order chi connectivity index (χ0) is 26.2. The molecule has 0 aromatic heterocycles. The summed E-state index contributed by atoms with van der Waals surface area (Å²) in [6.07, 6.45) is 0.704. The average Bonchev–Trinajstić information content (AvgIpc) is 2.84. The minimum Gasteiger partial charge on any atom is -0.507 e. The lowest BCUT2D eigenvalue weighted by Gasteiger charge is -2.15. The van der Waals surface area contributed by atoms with Crippen LogP contribution in [-0.2, 0) is 17.6 Å². The fourth-order valence-corrected chi connectivity index (χ4v) is 3.64. The van der Waals surface area contributed by atoms with Crippen LogP contribution in [0.5, 0.6) is 23.0 Å². The Bertz CT molecular complexity index is 1240. The number of phenolic OH excluding ortho intramolecular Hbond substituents is 2. The van der Waals surface area contributed by atoms with Crippen LogP contribution in [0, 0.1) is 5.82 Å². The standard InChI is InChI=1S/C27H27FO8/c1-2-16-13-21(17-4-7-20(28)8-5-17)22(29)15-23(16)35-10-3-11-36-24-14-19(27(33)34)12-18(26(24)32)6-9-25(30)31/h4-5,7-8,12-15,29,32H,2-3,6,9-11H2,1H3,(H,30,31)(H,33,34). The van der Waals surface area contributed by atoms with Crippen molar-refractivity contribution in [2.75, 3.05) is 13.2 Å². The molecule has 9 heteroatoms. The number of aromatic carboxylic acids is 1. The molecule has 190 valence electrons. The normalized spacial score (nSPS) is 10.7. The minimum atomic E-state index is -1.23. The van der Waals surface area contributed by atoms with Crippen LogP contribution in [0.2, 0.25) is 0 Å². The van der Waals surface area contributed by atoms with Gasteiger partial charge in [0.1, 0.15) is 17.3 Å². The Morgan fingerprint density at radius 2 is 1.56 bits per heavy atom. The summed E-state index contributed by atoms with van der Waals surface area (Å²) < 4.78 is 24.6. The van der Waals surface area contributed by atoms with E-state index < -0.39 is 11.9 Å². The highest BCUT2D eigenvalue weighted by Crippen LogP contribution is 2.36. The number of hydrogen-bond donors (Lipinski definition) is 4. The largest absolute Gasteiger partial charge is 0.507 e. The number of halogens is 1. The highest BCUT2D eigenvalue weighted by Gasteiger charge is 2.16. The van der Waals surface area contributed by atoms with E-state index in [0.717, 1.165) is 5.56 Å². The number of benzene rings is 3. The van der Waals surface area contributed by atoms with E-state index in [-0.39, 0.29) is 60.2 Å². The van der Waals surface area contributed by atoms with E-state index in [1.165, 1.54) is 30.3 Å². The number of phenols is 2. The molecule has 3 rings (SSSR count). The van der Waals surface area contributed by atoms with Crippen molar-refractivity contribution in [3.8, 4) is 34.1 Å². The number of carboxylic acids is 2. The lowest BCUT2D eigenvalue weighted by atomic mass is 10.00. The number of carbonyl (C=O) groups is 2. The Morgan fingerprint density at radius 3 is 2.17 bits per heavy atom. The summed E-state index contributed by atoms with van der Waals surface area (Å²) in [5.74, 6) is -2.52. The van der Waals surface area contributed by atoms with Gasteiger partial charge in [-0.25, -0.2) is 9.18 Å². The number of aromatic hydroxyl groups is 2. The Hall–Kier alpha value is -4.27. The van der Waals surface area contributed by atoms with Gasteiger partial charge in [-0.05, 0) is 59.9 Å². The molecular formula is C27H27FO8. The predicted octanol–water partition coefficient (Wildman–Crippen LogP) is 5.03. The molecule has 0 aliphatic carbocycles. The fraction of sp³-hybridized carbons (Fsp3) is 0.259. The topological polar surface area (TPSA) is 134 Å².